The van der Waals surface area contributed by atoms with Crippen molar-refractivity contribution in [1.82, 2.24) is 20.1 Å². The number of aryl methyl sites for hydroxylation is 1. The number of hydrogen-bond donors (Lipinski definition) is 1. The predicted molar refractivity (Wildman–Crippen MR) is 136 cm³/mol. The summed E-state index contributed by atoms with van der Waals surface area (Å²) in [5.41, 5.74) is 3.38. The minimum Gasteiger partial charge on any atom is -0.494 e. The lowest BCUT2D eigenvalue weighted by atomic mass is 9.97. The van der Waals surface area contributed by atoms with E-state index >= 15 is 0 Å². The predicted octanol–water partition coefficient (Wildman–Crippen LogP) is 4.86. The summed E-state index contributed by atoms with van der Waals surface area (Å²) in [6.45, 7) is 6.42. The molecule has 1 saturated heterocycles. The van der Waals surface area contributed by atoms with Crippen molar-refractivity contribution in [3.63, 3.8) is 0 Å². The van der Waals surface area contributed by atoms with Gasteiger partial charge in [0.25, 0.3) is 0 Å². The van der Waals surface area contributed by atoms with Crippen LogP contribution < -0.4 is 15.0 Å². The Morgan fingerprint density at radius 1 is 1.23 bits per heavy atom. The normalized spacial score (nSPS) is 16.0. The van der Waals surface area contributed by atoms with Crippen molar-refractivity contribution in [3.8, 4) is 11.4 Å². The van der Waals surface area contributed by atoms with E-state index in [9.17, 15) is 9.18 Å². The summed E-state index contributed by atoms with van der Waals surface area (Å²) in [6, 6.07) is 14.0. The van der Waals surface area contributed by atoms with E-state index in [2.05, 4.69) is 15.3 Å². The first-order valence-corrected chi connectivity index (χ1v) is 12.7. The molecule has 0 aliphatic carbocycles. The molecule has 4 aromatic rings. The molecule has 0 unspecified atom stereocenters. The van der Waals surface area contributed by atoms with Crippen LogP contribution in [-0.4, -0.2) is 40.4 Å². The minimum atomic E-state index is -0.285. The zero-order chi connectivity index (χ0) is 24.4. The molecule has 3 heterocycles. The standard InChI is InChI=1S/C26H28FN5O2S/c1-3-34-22-9-5-4-7-18(22)15-28-25(33)19-8-6-14-31(16-19)26-29-24-23(35-26)17(2)30-32(24)21-12-10-20(27)11-13-21/h4-5,7,9-13,19H,3,6,8,14-16H2,1-2H3,(H,28,33)/t19-/m1/s1. The maximum atomic E-state index is 13.4. The van der Waals surface area contributed by atoms with Crippen molar-refractivity contribution < 1.29 is 13.9 Å². The number of ether oxygens (including phenoxy) is 1. The number of aromatic nitrogens is 3. The van der Waals surface area contributed by atoms with Crippen LogP contribution in [0.5, 0.6) is 5.75 Å². The van der Waals surface area contributed by atoms with E-state index in [1.54, 1.807) is 28.2 Å². The number of hydrogen-bond acceptors (Lipinski definition) is 6. The number of carbonyl (C=O) groups is 1. The first-order valence-electron chi connectivity index (χ1n) is 11.9. The van der Waals surface area contributed by atoms with Crippen molar-refractivity contribution in [2.45, 2.75) is 33.2 Å². The molecule has 0 radical (unpaired) electrons. The van der Waals surface area contributed by atoms with E-state index in [1.165, 1.54) is 12.1 Å². The van der Waals surface area contributed by atoms with Crippen molar-refractivity contribution in [3.05, 3.63) is 65.6 Å². The van der Waals surface area contributed by atoms with Crippen LogP contribution in [0, 0.1) is 18.7 Å². The molecule has 9 heteroatoms. The average Bonchev–Trinajstić information content (AvgIpc) is 3.45. The van der Waals surface area contributed by atoms with Crippen LogP contribution >= 0.6 is 11.3 Å². The molecular weight excluding hydrogens is 465 g/mol. The Hall–Kier alpha value is -3.46. The van der Waals surface area contributed by atoms with Crippen LogP contribution in [0.15, 0.2) is 48.5 Å². The van der Waals surface area contributed by atoms with E-state index in [-0.39, 0.29) is 17.6 Å². The first-order chi connectivity index (χ1) is 17.0. The molecule has 182 valence electrons. The second-order valence-electron chi connectivity index (χ2n) is 8.67. The van der Waals surface area contributed by atoms with E-state index in [0.29, 0.717) is 19.7 Å². The highest BCUT2D eigenvalue weighted by Gasteiger charge is 2.28. The summed E-state index contributed by atoms with van der Waals surface area (Å²) in [4.78, 5) is 20.1. The van der Waals surface area contributed by atoms with Gasteiger partial charge in [0.2, 0.25) is 5.91 Å². The molecule has 1 N–H and O–H groups in total. The lowest BCUT2D eigenvalue weighted by Gasteiger charge is -2.31. The highest BCUT2D eigenvalue weighted by molar-refractivity contribution is 7.22. The van der Waals surface area contributed by atoms with Crippen LogP contribution in [0.3, 0.4) is 0 Å². The molecule has 1 aliphatic heterocycles. The molecule has 2 aromatic carbocycles. The van der Waals surface area contributed by atoms with Gasteiger partial charge in [0.15, 0.2) is 10.8 Å². The fourth-order valence-corrected chi connectivity index (χ4v) is 5.48. The number of carbonyl (C=O) groups excluding carboxylic acids is 1. The van der Waals surface area contributed by atoms with Crippen LogP contribution in [0.2, 0.25) is 0 Å². The molecule has 1 fully saturated rings. The van der Waals surface area contributed by atoms with E-state index in [0.717, 1.165) is 57.6 Å². The second-order valence-corrected chi connectivity index (χ2v) is 9.64. The Morgan fingerprint density at radius 3 is 2.83 bits per heavy atom. The third-order valence-electron chi connectivity index (χ3n) is 6.24. The lowest BCUT2D eigenvalue weighted by Crippen LogP contribution is -2.43. The number of para-hydroxylation sites is 1. The third kappa shape index (κ3) is 4.86. The van der Waals surface area contributed by atoms with Gasteiger partial charge < -0.3 is 15.0 Å². The Balaban J connectivity index is 1.30. The zero-order valence-corrected chi connectivity index (χ0v) is 20.6. The summed E-state index contributed by atoms with van der Waals surface area (Å²) in [7, 11) is 0. The molecule has 7 nitrogen and oxygen atoms in total. The molecule has 1 atom stereocenters. The molecule has 1 aliphatic rings. The average molecular weight is 494 g/mol. The second kappa shape index (κ2) is 10.0. The van der Waals surface area contributed by atoms with E-state index < -0.39 is 0 Å². The largest absolute Gasteiger partial charge is 0.494 e. The smallest absolute Gasteiger partial charge is 0.225 e. The SMILES string of the molecule is CCOc1ccccc1CNC(=O)[C@@H]1CCCN(c2nc3c(s2)c(C)nn3-c2ccc(F)cc2)C1. The topological polar surface area (TPSA) is 72.3 Å². The summed E-state index contributed by atoms with van der Waals surface area (Å²) in [5.74, 6) is 0.466. The number of thiazole rings is 1. The highest BCUT2D eigenvalue weighted by Crippen LogP contribution is 2.34. The monoisotopic (exact) mass is 493 g/mol. The number of benzene rings is 2. The summed E-state index contributed by atoms with van der Waals surface area (Å²) < 4.78 is 21.8. The molecular formula is C26H28FN5O2S. The van der Waals surface area contributed by atoms with Gasteiger partial charge in [-0.2, -0.15) is 10.1 Å². The fourth-order valence-electron chi connectivity index (χ4n) is 4.46. The van der Waals surface area contributed by atoms with Gasteiger partial charge in [0, 0.05) is 25.2 Å². The maximum Gasteiger partial charge on any atom is 0.225 e. The number of nitrogens with zero attached hydrogens (tertiary/aromatic N) is 4. The lowest BCUT2D eigenvalue weighted by molar-refractivity contribution is -0.125. The third-order valence-corrected chi connectivity index (χ3v) is 7.45. The fraction of sp³-hybridized carbons (Fsp3) is 0.346. The summed E-state index contributed by atoms with van der Waals surface area (Å²) in [6.07, 6.45) is 1.77. The van der Waals surface area contributed by atoms with Gasteiger partial charge in [0.1, 0.15) is 11.6 Å². The van der Waals surface area contributed by atoms with Gasteiger partial charge in [-0.3, -0.25) is 4.79 Å². The van der Waals surface area contributed by atoms with Gasteiger partial charge in [-0.25, -0.2) is 9.07 Å². The minimum absolute atomic E-state index is 0.0516. The molecule has 5 rings (SSSR count). The van der Waals surface area contributed by atoms with E-state index in [4.69, 9.17) is 9.72 Å². The van der Waals surface area contributed by atoms with Gasteiger partial charge >= 0.3 is 0 Å². The number of amides is 1. The van der Waals surface area contributed by atoms with Crippen molar-refractivity contribution in [2.75, 3.05) is 24.6 Å². The molecule has 2 aromatic heterocycles. The van der Waals surface area contributed by atoms with Gasteiger partial charge in [-0.1, -0.05) is 29.5 Å². The number of anilines is 1. The number of piperidine rings is 1. The van der Waals surface area contributed by atoms with Crippen LogP contribution in [0.25, 0.3) is 16.0 Å². The first kappa shape index (κ1) is 23.3. The van der Waals surface area contributed by atoms with Crippen LogP contribution in [-0.2, 0) is 11.3 Å². The van der Waals surface area contributed by atoms with Crippen molar-refractivity contribution in [1.29, 1.82) is 0 Å². The highest BCUT2D eigenvalue weighted by atomic mass is 32.1. The Kier molecular flexibility index (Phi) is 6.68. The van der Waals surface area contributed by atoms with Crippen molar-refractivity contribution in [2.24, 2.45) is 5.92 Å². The molecule has 35 heavy (non-hydrogen) atoms. The van der Waals surface area contributed by atoms with Gasteiger partial charge in [-0.05, 0) is 57.0 Å². The van der Waals surface area contributed by atoms with Crippen molar-refractivity contribution >= 4 is 32.7 Å². The van der Waals surface area contributed by atoms with Gasteiger partial charge in [0.05, 0.1) is 28.6 Å². The molecule has 0 saturated carbocycles. The Bertz CT molecular complexity index is 1330. The van der Waals surface area contributed by atoms with Crippen LogP contribution in [0.4, 0.5) is 9.52 Å². The zero-order valence-electron chi connectivity index (χ0n) is 19.8. The Labute approximate surface area is 207 Å². The summed E-state index contributed by atoms with van der Waals surface area (Å²) >= 11 is 1.59. The maximum absolute atomic E-state index is 13.4. The van der Waals surface area contributed by atoms with Gasteiger partial charge in [-0.15, -0.1) is 0 Å². The summed E-state index contributed by atoms with van der Waals surface area (Å²) in [5, 5.41) is 8.58. The molecule has 1 amide bonds. The molecule has 0 bridgehead atoms. The van der Waals surface area contributed by atoms with Crippen LogP contribution in [0.1, 0.15) is 31.0 Å². The van der Waals surface area contributed by atoms with E-state index in [1.807, 2.05) is 38.1 Å². The number of halogens is 1. The number of nitrogens with one attached hydrogen (secondary N) is 1. The quantitative estimate of drug-likeness (QED) is 0.398. The number of fused-ring (bicyclic) bond motifs is 1. The Morgan fingerprint density at radius 2 is 2.03 bits per heavy atom. The number of rotatable bonds is 7. The molecule has 0 spiro atoms.